The fourth-order valence-electron chi connectivity index (χ4n) is 1.19. The molecular weight excluding hydrogens is 244 g/mol. The largest absolute Gasteiger partial charge is 0.377 e. The van der Waals surface area contributed by atoms with Crippen molar-refractivity contribution < 1.29 is 13.6 Å². The van der Waals surface area contributed by atoms with Gasteiger partial charge in [-0.15, -0.1) is 0 Å². The highest BCUT2D eigenvalue weighted by Gasteiger charge is 2.35. The highest BCUT2D eigenvalue weighted by Crippen LogP contribution is 2.22. The van der Waals surface area contributed by atoms with E-state index in [2.05, 4.69) is 5.32 Å². The average Bonchev–Trinajstić information content (AvgIpc) is 2.04. The molecule has 0 saturated heterocycles. The smallest absolute Gasteiger partial charge is 0.347 e. The number of carbonyl (C=O) groups excluding carboxylic acids is 1. The lowest BCUT2D eigenvalue weighted by molar-refractivity contribution is -0.135. The molecule has 1 aliphatic rings. The highest BCUT2D eigenvalue weighted by atomic mass is 79.9. The molecule has 0 saturated carbocycles. The van der Waals surface area contributed by atoms with Crippen LogP contribution in [-0.2, 0) is 4.79 Å². The Hall–Kier alpha value is -0.450. The van der Waals surface area contributed by atoms with Crippen LogP contribution in [0.1, 0.15) is 19.3 Å². The van der Waals surface area contributed by atoms with Crippen LogP contribution in [0.25, 0.3) is 0 Å². The molecule has 74 valence electrons. The molecule has 1 amide bonds. The number of amides is 1. The van der Waals surface area contributed by atoms with Gasteiger partial charge < -0.3 is 5.32 Å². The first-order valence-electron chi connectivity index (χ1n) is 4.03. The average molecular weight is 254 g/mol. The normalized spacial score (nSPS) is 22.8. The highest BCUT2D eigenvalue weighted by molar-refractivity contribution is 9.10. The van der Waals surface area contributed by atoms with Crippen LogP contribution in [0.5, 0.6) is 0 Å². The summed E-state index contributed by atoms with van der Waals surface area (Å²) in [5.41, 5.74) is 0. The summed E-state index contributed by atoms with van der Waals surface area (Å²) < 4.78 is 24.7. The van der Waals surface area contributed by atoms with Crippen molar-refractivity contribution >= 4 is 21.8 Å². The van der Waals surface area contributed by atoms with E-state index >= 15 is 0 Å². The zero-order chi connectivity index (χ0) is 9.90. The first-order chi connectivity index (χ1) is 6.00. The SMILES string of the molecule is O=C(NC1CC=CCC1)C(F)(F)Br. The Labute approximate surface area is 83.5 Å². The van der Waals surface area contributed by atoms with E-state index in [-0.39, 0.29) is 6.04 Å². The van der Waals surface area contributed by atoms with Gasteiger partial charge in [0.2, 0.25) is 0 Å². The molecule has 0 heterocycles. The lowest BCUT2D eigenvalue weighted by Crippen LogP contribution is -2.42. The molecule has 0 aromatic rings. The van der Waals surface area contributed by atoms with Gasteiger partial charge in [0.15, 0.2) is 0 Å². The Bertz CT molecular complexity index is 225. The van der Waals surface area contributed by atoms with Gasteiger partial charge >= 0.3 is 10.7 Å². The predicted molar refractivity (Wildman–Crippen MR) is 48.8 cm³/mol. The Balaban J connectivity index is 2.40. The summed E-state index contributed by atoms with van der Waals surface area (Å²) in [5, 5.41) is 2.27. The summed E-state index contributed by atoms with van der Waals surface area (Å²) in [6.07, 6.45) is 6.06. The van der Waals surface area contributed by atoms with Gasteiger partial charge in [-0.1, -0.05) is 12.2 Å². The van der Waals surface area contributed by atoms with E-state index in [0.29, 0.717) is 6.42 Å². The number of carbonyl (C=O) groups is 1. The standard InChI is InChI=1S/C8H10BrF2NO/c9-8(10,11)7(13)12-6-4-2-1-3-5-6/h1-2,6H,3-5H2,(H,12,13). The molecular formula is C8H10BrF2NO. The first kappa shape index (κ1) is 10.6. The molecule has 0 spiro atoms. The van der Waals surface area contributed by atoms with E-state index in [0.717, 1.165) is 12.8 Å². The van der Waals surface area contributed by atoms with E-state index in [1.54, 1.807) is 0 Å². The van der Waals surface area contributed by atoms with Crippen molar-refractivity contribution in [1.82, 2.24) is 5.32 Å². The minimum Gasteiger partial charge on any atom is -0.347 e. The van der Waals surface area contributed by atoms with E-state index in [1.807, 2.05) is 28.1 Å². The number of rotatable bonds is 2. The molecule has 13 heavy (non-hydrogen) atoms. The van der Waals surface area contributed by atoms with Crippen LogP contribution in [0.4, 0.5) is 8.78 Å². The van der Waals surface area contributed by atoms with Crippen molar-refractivity contribution in [2.24, 2.45) is 0 Å². The molecule has 1 rings (SSSR count). The van der Waals surface area contributed by atoms with Crippen LogP contribution in [0, 0.1) is 0 Å². The molecule has 1 unspecified atom stereocenters. The molecule has 2 nitrogen and oxygen atoms in total. The van der Waals surface area contributed by atoms with Crippen LogP contribution in [0.3, 0.4) is 0 Å². The van der Waals surface area contributed by atoms with E-state index in [1.165, 1.54) is 0 Å². The number of hydrogen-bond donors (Lipinski definition) is 1. The van der Waals surface area contributed by atoms with Gasteiger partial charge in [0.25, 0.3) is 0 Å². The van der Waals surface area contributed by atoms with Crippen molar-refractivity contribution in [3.8, 4) is 0 Å². The Morgan fingerprint density at radius 1 is 1.54 bits per heavy atom. The van der Waals surface area contributed by atoms with Crippen molar-refractivity contribution in [3.63, 3.8) is 0 Å². The van der Waals surface area contributed by atoms with Crippen LogP contribution >= 0.6 is 15.9 Å². The second kappa shape index (κ2) is 4.17. The Morgan fingerprint density at radius 3 is 2.69 bits per heavy atom. The van der Waals surface area contributed by atoms with Gasteiger partial charge in [0.1, 0.15) is 0 Å². The third-order valence-electron chi connectivity index (χ3n) is 1.86. The zero-order valence-corrected chi connectivity index (χ0v) is 8.48. The Kier molecular flexibility index (Phi) is 3.41. The lowest BCUT2D eigenvalue weighted by atomic mass is 10.0. The van der Waals surface area contributed by atoms with Crippen LogP contribution < -0.4 is 5.32 Å². The van der Waals surface area contributed by atoms with E-state index < -0.39 is 10.7 Å². The molecule has 0 aliphatic heterocycles. The number of alkyl halides is 3. The fourth-order valence-corrected chi connectivity index (χ4v) is 1.31. The monoisotopic (exact) mass is 253 g/mol. The van der Waals surface area contributed by atoms with E-state index in [4.69, 9.17) is 0 Å². The maximum absolute atomic E-state index is 12.4. The van der Waals surface area contributed by atoms with Crippen LogP contribution in [0.15, 0.2) is 12.2 Å². The summed E-state index contributed by atoms with van der Waals surface area (Å²) in [6.45, 7) is 0. The van der Waals surface area contributed by atoms with Crippen molar-refractivity contribution in [2.75, 3.05) is 0 Å². The summed E-state index contributed by atoms with van der Waals surface area (Å²) >= 11 is 2.01. The number of halogens is 3. The molecule has 0 aromatic heterocycles. The maximum atomic E-state index is 12.4. The van der Waals surface area contributed by atoms with Crippen molar-refractivity contribution in [1.29, 1.82) is 0 Å². The minimum absolute atomic E-state index is 0.152. The number of nitrogens with one attached hydrogen (secondary N) is 1. The Morgan fingerprint density at radius 2 is 2.23 bits per heavy atom. The zero-order valence-electron chi connectivity index (χ0n) is 6.90. The van der Waals surface area contributed by atoms with E-state index in [9.17, 15) is 13.6 Å². The quantitative estimate of drug-likeness (QED) is 0.594. The van der Waals surface area contributed by atoms with Crippen LogP contribution in [0.2, 0.25) is 0 Å². The molecule has 0 radical (unpaired) electrons. The first-order valence-corrected chi connectivity index (χ1v) is 4.82. The second-order valence-corrected chi connectivity index (χ2v) is 3.95. The van der Waals surface area contributed by atoms with Gasteiger partial charge in [-0.05, 0) is 19.3 Å². The molecule has 1 aliphatic carbocycles. The summed E-state index contributed by atoms with van der Waals surface area (Å²) in [7, 11) is 0. The van der Waals surface area contributed by atoms with Crippen molar-refractivity contribution in [2.45, 2.75) is 30.1 Å². The van der Waals surface area contributed by atoms with Gasteiger partial charge in [-0.3, -0.25) is 4.79 Å². The van der Waals surface area contributed by atoms with Gasteiger partial charge in [-0.25, -0.2) is 0 Å². The van der Waals surface area contributed by atoms with Crippen LogP contribution in [-0.4, -0.2) is 16.8 Å². The second-order valence-electron chi connectivity index (χ2n) is 2.95. The number of hydrogen-bond acceptors (Lipinski definition) is 1. The molecule has 1 atom stereocenters. The molecule has 0 bridgehead atoms. The third-order valence-corrected chi connectivity index (χ3v) is 2.22. The summed E-state index contributed by atoms with van der Waals surface area (Å²) in [4.78, 5) is 7.35. The molecule has 0 fully saturated rings. The fraction of sp³-hybridized carbons (Fsp3) is 0.625. The lowest BCUT2D eigenvalue weighted by Gasteiger charge is -2.20. The van der Waals surface area contributed by atoms with Crippen molar-refractivity contribution in [3.05, 3.63) is 12.2 Å². The minimum atomic E-state index is -3.45. The summed E-state index contributed by atoms with van der Waals surface area (Å²) in [5.74, 6) is -1.26. The molecule has 1 N–H and O–H groups in total. The molecule has 0 aromatic carbocycles. The van der Waals surface area contributed by atoms with Gasteiger partial charge in [0, 0.05) is 22.0 Å². The summed E-state index contributed by atoms with van der Waals surface area (Å²) in [6, 6.07) is -0.152. The number of allylic oxidation sites excluding steroid dienone is 1. The van der Waals surface area contributed by atoms with Gasteiger partial charge in [-0.2, -0.15) is 8.78 Å². The molecule has 5 heteroatoms. The third kappa shape index (κ3) is 3.42. The van der Waals surface area contributed by atoms with Gasteiger partial charge in [0.05, 0.1) is 0 Å². The predicted octanol–water partition coefficient (Wildman–Crippen LogP) is 2.20. The topological polar surface area (TPSA) is 29.1 Å². The maximum Gasteiger partial charge on any atom is 0.377 e.